The van der Waals surface area contributed by atoms with Crippen LogP contribution in [0.1, 0.15) is 36.0 Å². The lowest BCUT2D eigenvalue weighted by atomic mass is 9.86. The highest BCUT2D eigenvalue weighted by atomic mass is 35.5. The molecule has 1 aromatic rings. The van der Waals surface area contributed by atoms with Gasteiger partial charge < -0.3 is 10.0 Å². The van der Waals surface area contributed by atoms with Gasteiger partial charge in [0.05, 0.1) is 0 Å². The lowest BCUT2D eigenvalue weighted by Gasteiger charge is -2.34. The number of hydrogen-bond acceptors (Lipinski definition) is 2. The summed E-state index contributed by atoms with van der Waals surface area (Å²) in [4.78, 5) is 14.2. The van der Waals surface area contributed by atoms with Gasteiger partial charge in [-0.2, -0.15) is 0 Å². The van der Waals surface area contributed by atoms with Crippen LogP contribution in [-0.4, -0.2) is 35.6 Å². The number of halogens is 2. The van der Waals surface area contributed by atoms with Crippen LogP contribution in [0, 0.1) is 5.92 Å². The third kappa shape index (κ3) is 3.66. The maximum Gasteiger partial charge on any atom is 0.253 e. The van der Waals surface area contributed by atoms with E-state index in [1.807, 2.05) is 7.05 Å². The highest BCUT2D eigenvalue weighted by Gasteiger charge is 2.26. The van der Waals surface area contributed by atoms with Crippen molar-refractivity contribution in [2.24, 2.45) is 5.92 Å². The van der Waals surface area contributed by atoms with E-state index >= 15 is 0 Å². The van der Waals surface area contributed by atoms with Gasteiger partial charge in [0.1, 0.15) is 0 Å². The first-order chi connectivity index (χ1) is 9.51. The summed E-state index contributed by atoms with van der Waals surface area (Å²) in [5, 5.41) is 10.1. The number of aliphatic hydroxyl groups is 1. The van der Waals surface area contributed by atoms with Crippen LogP contribution >= 0.6 is 23.2 Å². The summed E-state index contributed by atoms with van der Waals surface area (Å²) in [5.41, 5.74) is 0.522. The van der Waals surface area contributed by atoms with Crippen LogP contribution in [0.15, 0.2) is 18.2 Å². The summed E-state index contributed by atoms with van der Waals surface area (Å²) in [7, 11) is 1.82. The third-order valence-electron chi connectivity index (χ3n) is 4.05. The fraction of sp³-hybridized carbons (Fsp3) is 0.533. The molecule has 0 aliphatic heterocycles. The minimum atomic E-state index is -0.0538. The zero-order valence-corrected chi connectivity index (χ0v) is 13.0. The van der Waals surface area contributed by atoms with Crippen LogP contribution in [-0.2, 0) is 0 Å². The third-order valence-corrected chi connectivity index (χ3v) is 4.49. The topological polar surface area (TPSA) is 40.5 Å². The van der Waals surface area contributed by atoms with Gasteiger partial charge in [-0.1, -0.05) is 23.2 Å². The minimum absolute atomic E-state index is 0.0538. The smallest absolute Gasteiger partial charge is 0.253 e. The van der Waals surface area contributed by atoms with Crippen LogP contribution in [0.2, 0.25) is 10.0 Å². The van der Waals surface area contributed by atoms with Crippen molar-refractivity contribution in [1.29, 1.82) is 0 Å². The van der Waals surface area contributed by atoms with E-state index < -0.39 is 0 Å². The molecule has 0 unspecified atom stereocenters. The molecule has 3 nitrogen and oxygen atoms in total. The Kier molecular flexibility index (Phi) is 5.30. The molecule has 0 radical (unpaired) electrons. The van der Waals surface area contributed by atoms with Crippen molar-refractivity contribution in [2.75, 3.05) is 13.7 Å². The molecule has 20 heavy (non-hydrogen) atoms. The average Bonchev–Trinajstić information content (AvgIpc) is 2.45. The highest BCUT2D eigenvalue weighted by molar-refractivity contribution is 6.35. The number of aliphatic hydroxyl groups excluding tert-OH is 1. The van der Waals surface area contributed by atoms with Gasteiger partial charge in [0.15, 0.2) is 0 Å². The molecule has 2 rings (SSSR count). The summed E-state index contributed by atoms with van der Waals surface area (Å²) >= 11 is 11.9. The van der Waals surface area contributed by atoms with E-state index in [0.29, 0.717) is 21.5 Å². The number of amides is 1. The van der Waals surface area contributed by atoms with E-state index in [0.717, 1.165) is 25.7 Å². The fourth-order valence-corrected chi connectivity index (χ4v) is 3.29. The maximum atomic E-state index is 12.5. The number of carbonyl (C=O) groups is 1. The number of hydrogen-bond donors (Lipinski definition) is 1. The molecule has 1 fully saturated rings. The fourth-order valence-electron chi connectivity index (χ4n) is 2.76. The summed E-state index contributed by atoms with van der Waals surface area (Å²) in [6.45, 7) is 0.244. The monoisotopic (exact) mass is 315 g/mol. The highest BCUT2D eigenvalue weighted by Crippen LogP contribution is 2.28. The molecular weight excluding hydrogens is 297 g/mol. The molecule has 1 aromatic carbocycles. The van der Waals surface area contributed by atoms with Gasteiger partial charge in [0.25, 0.3) is 5.91 Å². The molecule has 1 aliphatic rings. The van der Waals surface area contributed by atoms with Gasteiger partial charge in [-0.05, 0) is 49.8 Å². The minimum Gasteiger partial charge on any atom is -0.396 e. The van der Waals surface area contributed by atoms with E-state index in [1.54, 1.807) is 23.1 Å². The lowest BCUT2D eigenvalue weighted by molar-refractivity contribution is 0.0653. The Hall–Kier alpha value is -0.770. The van der Waals surface area contributed by atoms with Crippen molar-refractivity contribution in [3.05, 3.63) is 33.8 Å². The first-order valence-corrected chi connectivity index (χ1v) is 7.61. The van der Waals surface area contributed by atoms with Gasteiger partial charge in [0.2, 0.25) is 0 Å². The summed E-state index contributed by atoms with van der Waals surface area (Å²) < 4.78 is 0. The molecule has 0 heterocycles. The van der Waals surface area contributed by atoms with Gasteiger partial charge in [-0.15, -0.1) is 0 Å². The standard InChI is InChI=1S/C15H19Cl2NO2/c1-18(14-4-2-10(9-19)3-5-14)15(20)11-6-12(16)8-13(17)7-11/h6-8,10,14,19H,2-5,9H2,1H3. The summed E-state index contributed by atoms with van der Waals surface area (Å²) in [5.74, 6) is 0.331. The first kappa shape index (κ1) is 15.6. The second-order valence-electron chi connectivity index (χ2n) is 5.43. The molecule has 5 heteroatoms. The molecule has 0 spiro atoms. The molecule has 1 N–H and O–H groups in total. The first-order valence-electron chi connectivity index (χ1n) is 6.85. The molecular formula is C15H19Cl2NO2. The van der Waals surface area contributed by atoms with Crippen molar-refractivity contribution >= 4 is 29.1 Å². The van der Waals surface area contributed by atoms with Crippen molar-refractivity contribution in [3.63, 3.8) is 0 Å². The van der Waals surface area contributed by atoms with Crippen molar-refractivity contribution in [1.82, 2.24) is 4.90 Å². The molecule has 0 aromatic heterocycles. The van der Waals surface area contributed by atoms with E-state index in [-0.39, 0.29) is 18.6 Å². The molecule has 1 aliphatic carbocycles. The molecule has 110 valence electrons. The van der Waals surface area contributed by atoms with Crippen molar-refractivity contribution < 1.29 is 9.90 Å². The van der Waals surface area contributed by atoms with E-state index in [1.165, 1.54) is 0 Å². The van der Waals surface area contributed by atoms with Crippen LogP contribution in [0.5, 0.6) is 0 Å². The Morgan fingerprint density at radius 2 is 1.75 bits per heavy atom. The summed E-state index contributed by atoms with van der Waals surface area (Å²) in [6.07, 6.45) is 3.80. The predicted octanol–water partition coefficient (Wildman–Crippen LogP) is 3.62. The Bertz CT molecular complexity index is 465. The Morgan fingerprint density at radius 3 is 2.25 bits per heavy atom. The second kappa shape index (κ2) is 6.79. The zero-order chi connectivity index (χ0) is 14.7. The van der Waals surface area contributed by atoms with Crippen LogP contribution in [0.4, 0.5) is 0 Å². The SMILES string of the molecule is CN(C(=O)c1cc(Cl)cc(Cl)c1)C1CCC(CO)CC1. The average molecular weight is 316 g/mol. The van der Waals surface area contributed by atoms with Gasteiger partial charge in [-0.3, -0.25) is 4.79 Å². The second-order valence-corrected chi connectivity index (χ2v) is 6.30. The molecule has 0 saturated heterocycles. The van der Waals surface area contributed by atoms with Crippen LogP contribution in [0.3, 0.4) is 0 Å². The summed E-state index contributed by atoms with van der Waals surface area (Å²) in [6, 6.07) is 5.13. The largest absolute Gasteiger partial charge is 0.396 e. The number of benzene rings is 1. The van der Waals surface area contributed by atoms with Crippen LogP contribution in [0.25, 0.3) is 0 Å². The molecule has 0 atom stereocenters. The maximum absolute atomic E-state index is 12.5. The van der Waals surface area contributed by atoms with Crippen LogP contribution < -0.4 is 0 Å². The number of carbonyl (C=O) groups excluding carboxylic acids is 1. The van der Waals surface area contributed by atoms with Gasteiger partial charge in [-0.25, -0.2) is 0 Å². The van der Waals surface area contributed by atoms with Gasteiger partial charge in [0, 0.05) is 35.3 Å². The van der Waals surface area contributed by atoms with E-state index in [2.05, 4.69) is 0 Å². The quantitative estimate of drug-likeness (QED) is 0.925. The van der Waals surface area contributed by atoms with Crippen molar-refractivity contribution in [2.45, 2.75) is 31.7 Å². The van der Waals surface area contributed by atoms with E-state index in [9.17, 15) is 4.79 Å². The predicted molar refractivity (Wildman–Crippen MR) is 81.4 cm³/mol. The zero-order valence-electron chi connectivity index (χ0n) is 11.5. The molecule has 1 saturated carbocycles. The Balaban J connectivity index is 2.05. The molecule has 0 bridgehead atoms. The number of rotatable bonds is 3. The Labute approximate surface area is 129 Å². The van der Waals surface area contributed by atoms with Gasteiger partial charge >= 0.3 is 0 Å². The van der Waals surface area contributed by atoms with E-state index in [4.69, 9.17) is 28.3 Å². The normalized spacial score (nSPS) is 22.6. The lowest BCUT2D eigenvalue weighted by Crippen LogP contribution is -2.39. The molecule has 1 amide bonds. The number of nitrogens with zero attached hydrogens (tertiary/aromatic N) is 1. The Morgan fingerprint density at radius 1 is 1.20 bits per heavy atom. The van der Waals surface area contributed by atoms with Crippen molar-refractivity contribution in [3.8, 4) is 0 Å².